The number of primary amides is 1. The van der Waals surface area contributed by atoms with E-state index in [1.165, 1.54) is 18.0 Å². The van der Waals surface area contributed by atoms with Crippen LogP contribution in [0, 0.1) is 6.92 Å². The second kappa shape index (κ2) is 6.39. The molecule has 0 radical (unpaired) electrons. The van der Waals surface area contributed by atoms with Gasteiger partial charge in [-0.3, -0.25) is 14.3 Å². The van der Waals surface area contributed by atoms with Crippen LogP contribution in [-0.2, 0) is 11.8 Å². The van der Waals surface area contributed by atoms with Gasteiger partial charge in [0.1, 0.15) is 5.00 Å². The van der Waals surface area contributed by atoms with E-state index in [1.54, 1.807) is 14.0 Å². The van der Waals surface area contributed by atoms with Crippen LogP contribution in [0.5, 0.6) is 0 Å². The number of aromatic nitrogens is 2. The van der Waals surface area contributed by atoms with Crippen molar-refractivity contribution < 1.29 is 19.1 Å². The van der Waals surface area contributed by atoms with E-state index in [2.05, 4.69) is 15.2 Å². The molecule has 0 aliphatic carbocycles. The standard InChI is InChI=1S/C13H13ClN4O4S/c1-5-7(13(21)22-3)12(23-9(5)10(15)19)16-11(20)8-6(14)4-18(2)17-8/h4H,1-3H3,(H2,15,19)(H,16,20). The maximum absolute atomic E-state index is 12.3. The molecule has 0 aliphatic heterocycles. The van der Waals surface area contributed by atoms with Gasteiger partial charge < -0.3 is 15.8 Å². The first-order valence-corrected chi connectivity index (χ1v) is 7.47. The number of carbonyl (C=O) groups is 3. The summed E-state index contributed by atoms with van der Waals surface area (Å²) in [5, 5.41) is 6.77. The number of ether oxygens (including phenoxy) is 1. The third-order valence-electron chi connectivity index (χ3n) is 2.99. The number of thiophene rings is 1. The average molecular weight is 357 g/mol. The third-order valence-corrected chi connectivity index (χ3v) is 4.48. The highest BCUT2D eigenvalue weighted by Gasteiger charge is 2.26. The number of nitrogens with two attached hydrogens (primary N) is 1. The minimum Gasteiger partial charge on any atom is -0.465 e. The molecule has 0 bridgehead atoms. The number of halogens is 1. The van der Waals surface area contributed by atoms with Crippen LogP contribution < -0.4 is 11.1 Å². The van der Waals surface area contributed by atoms with Gasteiger partial charge in [0.05, 0.1) is 22.6 Å². The zero-order valence-electron chi connectivity index (χ0n) is 12.5. The number of esters is 1. The van der Waals surface area contributed by atoms with E-state index < -0.39 is 17.8 Å². The molecule has 0 aromatic carbocycles. The van der Waals surface area contributed by atoms with Gasteiger partial charge in [-0.05, 0) is 12.5 Å². The molecule has 23 heavy (non-hydrogen) atoms. The van der Waals surface area contributed by atoms with Crippen molar-refractivity contribution in [2.45, 2.75) is 6.92 Å². The summed E-state index contributed by atoms with van der Waals surface area (Å²) in [6, 6.07) is 0. The molecule has 0 aliphatic rings. The Bertz CT molecular complexity index is 811. The molecular formula is C13H13ClN4O4S. The monoisotopic (exact) mass is 356 g/mol. The van der Waals surface area contributed by atoms with Crippen LogP contribution >= 0.6 is 22.9 Å². The fraction of sp³-hybridized carbons (Fsp3) is 0.231. The van der Waals surface area contributed by atoms with Gasteiger partial charge >= 0.3 is 5.97 Å². The number of nitrogens with one attached hydrogen (secondary N) is 1. The van der Waals surface area contributed by atoms with Gasteiger partial charge in [0.2, 0.25) is 0 Å². The highest BCUT2D eigenvalue weighted by atomic mass is 35.5. The van der Waals surface area contributed by atoms with Gasteiger partial charge in [0.25, 0.3) is 11.8 Å². The van der Waals surface area contributed by atoms with Crippen molar-refractivity contribution in [3.63, 3.8) is 0 Å². The van der Waals surface area contributed by atoms with Crippen molar-refractivity contribution in [3.05, 3.63) is 32.9 Å². The van der Waals surface area contributed by atoms with Gasteiger partial charge in [-0.25, -0.2) is 4.79 Å². The van der Waals surface area contributed by atoms with Crippen LogP contribution in [0.2, 0.25) is 5.02 Å². The first kappa shape index (κ1) is 17.0. The SMILES string of the molecule is COC(=O)c1c(NC(=O)c2nn(C)cc2Cl)sc(C(N)=O)c1C. The molecule has 3 N–H and O–H groups in total. The van der Waals surface area contributed by atoms with Crippen LogP contribution in [0.25, 0.3) is 0 Å². The normalized spacial score (nSPS) is 10.4. The molecule has 2 rings (SSSR count). The lowest BCUT2D eigenvalue weighted by atomic mass is 10.1. The summed E-state index contributed by atoms with van der Waals surface area (Å²) >= 11 is 6.80. The van der Waals surface area contributed by atoms with E-state index in [1.807, 2.05) is 0 Å². The van der Waals surface area contributed by atoms with Crippen molar-refractivity contribution >= 4 is 45.7 Å². The summed E-state index contributed by atoms with van der Waals surface area (Å²) in [5.41, 5.74) is 5.69. The van der Waals surface area contributed by atoms with E-state index in [-0.39, 0.29) is 26.2 Å². The Morgan fingerprint density at radius 2 is 2.09 bits per heavy atom. The molecular weight excluding hydrogens is 344 g/mol. The topological polar surface area (TPSA) is 116 Å². The van der Waals surface area contributed by atoms with Gasteiger partial charge in [0.15, 0.2) is 5.69 Å². The number of nitrogens with zero attached hydrogens (tertiary/aromatic N) is 2. The fourth-order valence-electron chi connectivity index (χ4n) is 1.96. The first-order chi connectivity index (χ1) is 10.8. The average Bonchev–Trinajstić information content (AvgIpc) is 2.98. The predicted molar refractivity (Wildman–Crippen MR) is 85.1 cm³/mol. The van der Waals surface area contributed by atoms with Crippen molar-refractivity contribution in [2.24, 2.45) is 12.8 Å². The molecule has 8 nitrogen and oxygen atoms in total. The first-order valence-electron chi connectivity index (χ1n) is 6.28. The van der Waals surface area contributed by atoms with Crippen molar-refractivity contribution in [1.29, 1.82) is 0 Å². The summed E-state index contributed by atoms with van der Waals surface area (Å²) < 4.78 is 6.07. The third kappa shape index (κ3) is 3.20. The van der Waals surface area contributed by atoms with Crippen LogP contribution in [-0.4, -0.2) is 34.7 Å². The lowest BCUT2D eigenvalue weighted by Crippen LogP contribution is -2.15. The summed E-state index contributed by atoms with van der Waals surface area (Å²) in [6.45, 7) is 1.55. The van der Waals surface area contributed by atoms with E-state index in [0.29, 0.717) is 5.56 Å². The molecule has 0 atom stereocenters. The zero-order chi connectivity index (χ0) is 17.3. The molecule has 122 valence electrons. The number of rotatable bonds is 4. The number of carbonyl (C=O) groups excluding carboxylic acids is 3. The summed E-state index contributed by atoms with van der Waals surface area (Å²) in [4.78, 5) is 35.8. The summed E-state index contributed by atoms with van der Waals surface area (Å²) in [5.74, 6) is -2.00. The predicted octanol–water partition coefficient (Wildman–Crippen LogP) is 1.58. The largest absolute Gasteiger partial charge is 0.465 e. The van der Waals surface area contributed by atoms with E-state index in [0.717, 1.165) is 11.3 Å². The summed E-state index contributed by atoms with van der Waals surface area (Å²) in [6.07, 6.45) is 1.46. The highest BCUT2D eigenvalue weighted by Crippen LogP contribution is 2.34. The molecule has 0 spiro atoms. The Labute approximate surface area is 140 Å². The quantitative estimate of drug-likeness (QED) is 0.807. The molecule has 0 saturated carbocycles. The van der Waals surface area contributed by atoms with E-state index in [4.69, 9.17) is 17.3 Å². The number of methoxy groups -OCH3 is 1. The van der Waals surface area contributed by atoms with Gasteiger partial charge in [-0.2, -0.15) is 5.10 Å². The molecule has 0 unspecified atom stereocenters. The molecule has 2 amide bonds. The Hall–Kier alpha value is -2.39. The molecule has 2 aromatic heterocycles. The maximum Gasteiger partial charge on any atom is 0.341 e. The Balaban J connectivity index is 2.44. The van der Waals surface area contributed by atoms with Crippen LogP contribution in [0.15, 0.2) is 6.20 Å². The molecule has 0 saturated heterocycles. The Kier molecular flexibility index (Phi) is 4.71. The molecule has 10 heteroatoms. The number of aryl methyl sites for hydroxylation is 1. The minimum atomic E-state index is -0.700. The lowest BCUT2D eigenvalue weighted by molar-refractivity contribution is 0.0601. The number of amides is 2. The minimum absolute atomic E-state index is 0.00309. The Morgan fingerprint density at radius 1 is 1.43 bits per heavy atom. The smallest absolute Gasteiger partial charge is 0.341 e. The molecule has 0 fully saturated rings. The number of hydrogen-bond acceptors (Lipinski definition) is 6. The van der Waals surface area contributed by atoms with Crippen molar-refractivity contribution in [1.82, 2.24) is 9.78 Å². The number of anilines is 1. The summed E-state index contributed by atoms with van der Waals surface area (Å²) in [7, 11) is 2.81. The lowest BCUT2D eigenvalue weighted by Gasteiger charge is -2.04. The maximum atomic E-state index is 12.3. The van der Waals surface area contributed by atoms with Crippen LogP contribution in [0.1, 0.15) is 36.1 Å². The number of hydrogen-bond donors (Lipinski definition) is 2. The highest BCUT2D eigenvalue weighted by molar-refractivity contribution is 7.18. The molecule has 2 aromatic rings. The van der Waals surface area contributed by atoms with Crippen LogP contribution in [0.3, 0.4) is 0 Å². The second-order valence-electron chi connectivity index (χ2n) is 4.57. The van der Waals surface area contributed by atoms with Gasteiger partial charge in [0, 0.05) is 13.2 Å². The Morgan fingerprint density at radius 3 is 2.57 bits per heavy atom. The zero-order valence-corrected chi connectivity index (χ0v) is 14.0. The van der Waals surface area contributed by atoms with E-state index in [9.17, 15) is 14.4 Å². The second-order valence-corrected chi connectivity index (χ2v) is 6.00. The van der Waals surface area contributed by atoms with Crippen molar-refractivity contribution in [2.75, 3.05) is 12.4 Å². The van der Waals surface area contributed by atoms with Gasteiger partial charge in [-0.15, -0.1) is 11.3 Å². The van der Waals surface area contributed by atoms with Crippen LogP contribution in [0.4, 0.5) is 5.00 Å². The van der Waals surface area contributed by atoms with E-state index >= 15 is 0 Å². The fourth-order valence-corrected chi connectivity index (χ4v) is 3.27. The molecule has 2 heterocycles. The van der Waals surface area contributed by atoms with Crippen molar-refractivity contribution in [3.8, 4) is 0 Å². The van der Waals surface area contributed by atoms with Gasteiger partial charge in [-0.1, -0.05) is 11.6 Å².